The number of hydrogen-bond acceptors (Lipinski definition) is 5. The van der Waals surface area contributed by atoms with Gasteiger partial charge in [-0.2, -0.15) is 0 Å². The van der Waals surface area contributed by atoms with E-state index >= 15 is 0 Å². The van der Waals surface area contributed by atoms with Crippen LogP contribution in [0.2, 0.25) is 0 Å². The summed E-state index contributed by atoms with van der Waals surface area (Å²) in [6.45, 7) is 5.81. The minimum atomic E-state index is -3.09. The van der Waals surface area contributed by atoms with Crippen LogP contribution in [-0.4, -0.2) is 55.0 Å². The van der Waals surface area contributed by atoms with Gasteiger partial charge in [0.25, 0.3) is 0 Å². The number of nitrogens with zero attached hydrogens (tertiary/aromatic N) is 3. The zero-order chi connectivity index (χ0) is 17.2. The maximum absolute atomic E-state index is 11.7. The van der Waals surface area contributed by atoms with Gasteiger partial charge in [-0.1, -0.05) is 24.3 Å². The first-order chi connectivity index (χ1) is 11.4. The molecule has 0 amide bonds. The van der Waals surface area contributed by atoms with Gasteiger partial charge in [0.1, 0.15) is 5.01 Å². The standard InChI is InChI=1S/C17H23N3O2S2/c1-14-6-3-4-7-16(14)17-18-12-15(23-17)13-19-8-5-9-20(11-10-19)24(2,21)22/h3-4,6-7,12H,5,8-11,13H2,1-2H3. The van der Waals surface area contributed by atoms with E-state index in [1.807, 2.05) is 18.3 Å². The van der Waals surface area contributed by atoms with Crippen LogP contribution >= 0.6 is 11.3 Å². The predicted octanol–water partition coefficient (Wildman–Crippen LogP) is 2.59. The third-order valence-corrected chi connectivity index (χ3v) is 6.64. The summed E-state index contributed by atoms with van der Waals surface area (Å²) in [6.07, 6.45) is 4.11. The fourth-order valence-electron chi connectivity index (χ4n) is 2.98. The highest BCUT2D eigenvalue weighted by Gasteiger charge is 2.21. The van der Waals surface area contributed by atoms with Crippen LogP contribution in [0.25, 0.3) is 10.6 Å². The van der Waals surface area contributed by atoms with Gasteiger partial charge >= 0.3 is 0 Å². The maximum Gasteiger partial charge on any atom is 0.211 e. The second kappa shape index (κ2) is 7.31. The lowest BCUT2D eigenvalue weighted by Gasteiger charge is -2.19. The Kier molecular flexibility index (Phi) is 5.34. The number of hydrogen-bond donors (Lipinski definition) is 0. The summed E-state index contributed by atoms with van der Waals surface area (Å²) in [5.74, 6) is 0. The van der Waals surface area contributed by atoms with E-state index in [1.165, 1.54) is 22.3 Å². The lowest BCUT2D eigenvalue weighted by atomic mass is 10.1. The van der Waals surface area contributed by atoms with Crippen LogP contribution < -0.4 is 0 Å². The van der Waals surface area contributed by atoms with Crippen molar-refractivity contribution >= 4 is 21.4 Å². The van der Waals surface area contributed by atoms with Crippen LogP contribution in [0.3, 0.4) is 0 Å². The number of rotatable bonds is 4. The van der Waals surface area contributed by atoms with Crippen molar-refractivity contribution < 1.29 is 8.42 Å². The van der Waals surface area contributed by atoms with E-state index in [-0.39, 0.29) is 0 Å². The molecule has 0 atom stereocenters. The molecule has 2 aromatic rings. The molecule has 1 fully saturated rings. The second-order valence-electron chi connectivity index (χ2n) is 6.24. The monoisotopic (exact) mass is 365 g/mol. The van der Waals surface area contributed by atoms with Crippen LogP contribution in [0.15, 0.2) is 30.5 Å². The maximum atomic E-state index is 11.7. The highest BCUT2D eigenvalue weighted by atomic mass is 32.2. The number of aryl methyl sites for hydroxylation is 1. The largest absolute Gasteiger partial charge is 0.297 e. The Balaban J connectivity index is 1.66. The Morgan fingerprint density at radius 1 is 1.17 bits per heavy atom. The quantitative estimate of drug-likeness (QED) is 0.836. The van der Waals surface area contributed by atoms with E-state index in [0.29, 0.717) is 13.1 Å². The van der Waals surface area contributed by atoms with Gasteiger partial charge in [-0.3, -0.25) is 4.90 Å². The highest BCUT2D eigenvalue weighted by molar-refractivity contribution is 7.88. The second-order valence-corrected chi connectivity index (χ2v) is 9.34. The molecule has 0 saturated carbocycles. The average Bonchev–Trinajstić information content (AvgIpc) is 2.84. The van der Waals surface area contributed by atoms with Crippen LogP contribution in [0.1, 0.15) is 16.9 Å². The summed E-state index contributed by atoms with van der Waals surface area (Å²) >= 11 is 1.72. The summed E-state index contributed by atoms with van der Waals surface area (Å²) < 4.78 is 25.0. The molecule has 0 bridgehead atoms. The van der Waals surface area contributed by atoms with Crippen molar-refractivity contribution in [2.45, 2.75) is 19.9 Å². The first-order valence-electron chi connectivity index (χ1n) is 8.11. The molecule has 1 aliphatic heterocycles. The first-order valence-corrected chi connectivity index (χ1v) is 10.8. The molecule has 1 saturated heterocycles. The van der Waals surface area contributed by atoms with Gasteiger partial charge in [-0.15, -0.1) is 11.3 Å². The predicted molar refractivity (Wildman–Crippen MR) is 98.6 cm³/mol. The van der Waals surface area contributed by atoms with Gasteiger partial charge in [0, 0.05) is 42.8 Å². The molecule has 24 heavy (non-hydrogen) atoms. The molecule has 5 nitrogen and oxygen atoms in total. The van der Waals surface area contributed by atoms with Crippen molar-refractivity contribution in [1.82, 2.24) is 14.2 Å². The molecule has 130 valence electrons. The average molecular weight is 366 g/mol. The van der Waals surface area contributed by atoms with E-state index in [4.69, 9.17) is 0 Å². The molecule has 7 heteroatoms. The molecule has 0 radical (unpaired) electrons. The summed E-state index contributed by atoms with van der Waals surface area (Å²) in [5, 5.41) is 1.05. The zero-order valence-corrected chi connectivity index (χ0v) is 15.7. The van der Waals surface area contributed by atoms with E-state index in [2.05, 4.69) is 28.9 Å². The van der Waals surface area contributed by atoms with Gasteiger partial charge in [-0.25, -0.2) is 17.7 Å². The zero-order valence-electron chi connectivity index (χ0n) is 14.1. The molecular weight excluding hydrogens is 342 g/mol. The number of sulfonamides is 1. The third kappa shape index (κ3) is 4.22. The van der Waals surface area contributed by atoms with Crippen LogP contribution in [0, 0.1) is 6.92 Å². The van der Waals surface area contributed by atoms with Crippen molar-refractivity contribution in [3.05, 3.63) is 40.9 Å². The van der Waals surface area contributed by atoms with E-state index in [9.17, 15) is 8.42 Å². The number of aromatic nitrogens is 1. The molecule has 1 aromatic heterocycles. The molecule has 2 heterocycles. The van der Waals surface area contributed by atoms with E-state index < -0.39 is 10.0 Å². The lowest BCUT2D eigenvalue weighted by molar-refractivity contribution is 0.281. The Labute approximate surface area is 148 Å². The minimum absolute atomic E-state index is 0.572. The minimum Gasteiger partial charge on any atom is -0.297 e. The molecule has 0 N–H and O–H groups in total. The van der Waals surface area contributed by atoms with Crippen molar-refractivity contribution in [3.63, 3.8) is 0 Å². The Morgan fingerprint density at radius 2 is 1.96 bits per heavy atom. The van der Waals surface area contributed by atoms with Gasteiger partial charge in [0.05, 0.1) is 6.26 Å². The van der Waals surface area contributed by atoms with Crippen LogP contribution in [-0.2, 0) is 16.6 Å². The molecule has 1 aromatic carbocycles. The van der Waals surface area contributed by atoms with Crippen LogP contribution in [0.4, 0.5) is 0 Å². The van der Waals surface area contributed by atoms with Crippen molar-refractivity contribution in [2.24, 2.45) is 0 Å². The molecule has 0 aliphatic carbocycles. The van der Waals surface area contributed by atoms with E-state index in [0.717, 1.165) is 31.1 Å². The Bertz CT molecular complexity index is 802. The van der Waals surface area contributed by atoms with Crippen molar-refractivity contribution in [3.8, 4) is 10.6 Å². The SMILES string of the molecule is Cc1ccccc1-c1ncc(CN2CCCN(S(C)(=O)=O)CC2)s1. The molecule has 0 unspecified atom stereocenters. The number of thiazole rings is 1. The van der Waals surface area contributed by atoms with Gasteiger partial charge in [-0.05, 0) is 25.5 Å². The van der Waals surface area contributed by atoms with Gasteiger partial charge in [0.15, 0.2) is 0 Å². The topological polar surface area (TPSA) is 53.5 Å². The fraction of sp³-hybridized carbons (Fsp3) is 0.471. The van der Waals surface area contributed by atoms with Crippen molar-refractivity contribution in [1.29, 1.82) is 0 Å². The Hall–Kier alpha value is -1.28. The highest BCUT2D eigenvalue weighted by Crippen LogP contribution is 2.28. The summed E-state index contributed by atoms with van der Waals surface area (Å²) in [6, 6.07) is 8.29. The normalized spacial score (nSPS) is 17.8. The molecular formula is C17H23N3O2S2. The fourth-order valence-corrected chi connectivity index (χ4v) is 4.89. The van der Waals surface area contributed by atoms with Gasteiger partial charge < -0.3 is 0 Å². The molecule has 1 aliphatic rings. The van der Waals surface area contributed by atoms with E-state index in [1.54, 1.807) is 15.6 Å². The molecule has 0 spiro atoms. The first kappa shape index (κ1) is 17.5. The summed E-state index contributed by atoms with van der Waals surface area (Å²) in [7, 11) is -3.09. The Morgan fingerprint density at radius 3 is 2.71 bits per heavy atom. The smallest absolute Gasteiger partial charge is 0.211 e. The lowest BCUT2D eigenvalue weighted by Crippen LogP contribution is -2.34. The number of benzene rings is 1. The summed E-state index contributed by atoms with van der Waals surface area (Å²) in [5.41, 5.74) is 2.42. The summed E-state index contributed by atoms with van der Waals surface area (Å²) in [4.78, 5) is 8.12. The third-order valence-electron chi connectivity index (χ3n) is 4.32. The van der Waals surface area contributed by atoms with Crippen molar-refractivity contribution in [2.75, 3.05) is 32.4 Å². The van der Waals surface area contributed by atoms with Crippen LogP contribution in [0.5, 0.6) is 0 Å². The van der Waals surface area contributed by atoms with Gasteiger partial charge in [0.2, 0.25) is 10.0 Å². The molecule has 3 rings (SSSR count).